The Labute approximate surface area is 97.6 Å². The highest BCUT2D eigenvalue weighted by Crippen LogP contribution is 2.05. The van der Waals surface area contributed by atoms with Crippen molar-refractivity contribution >= 4 is 0 Å². The minimum Gasteiger partial charge on any atom is -0.315 e. The minimum atomic E-state index is 0.968. The molecule has 0 saturated carbocycles. The highest BCUT2D eigenvalue weighted by Gasteiger charge is 1.98. The van der Waals surface area contributed by atoms with Crippen LogP contribution in [-0.4, -0.2) is 26.2 Å². The van der Waals surface area contributed by atoms with Gasteiger partial charge in [0.05, 0.1) is 0 Å². The van der Waals surface area contributed by atoms with Crippen LogP contribution in [0.15, 0.2) is 24.3 Å². The van der Waals surface area contributed by atoms with E-state index in [2.05, 4.69) is 40.2 Å². The van der Waals surface area contributed by atoms with Gasteiger partial charge in [-0.25, -0.2) is 0 Å². The summed E-state index contributed by atoms with van der Waals surface area (Å²) in [5, 5.41) is 10.3. The van der Waals surface area contributed by atoms with Crippen LogP contribution in [-0.2, 0) is 13.1 Å². The zero-order chi connectivity index (χ0) is 11.1. The van der Waals surface area contributed by atoms with Gasteiger partial charge in [0.1, 0.15) is 0 Å². The molecule has 2 rings (SSSR count). The van der Waals surface area contributed by atoms with Crippen LogP contribution in [0.5, 0.6) is 0 Å². The first-order valence-corrected chi connectivity index (χ1v) is 6.15. The van der Waals surface area contributed by atoms with Gasteiger partial charge in [0.25, 0.3) is 0 Å². The van der Waals surface area contributed by atoms with Gasteiger partial charge in [-0.3, -0.25) is 0 Å². The van der Waals surface area contributed by atoms with Crippen molar-refractivity contribution < 1.29 is 0 Å². The standard InChI is InChI=1S/C13H21N3/c1-3-12-9-13(4-1)11-16-8-7-14-5-2-6-15-10-12/h1,3-4,9,14-16H,2,5-8,10-11H2. The maximum Gasteiger partial charge on any atom is 0.0206 e. The molecule has 0 spiro atoms. The van der Waals surface area contributed by atoms with Crippen LogP contribution < -0.4 is 16.0 Å². The summed E-state index contributed by atoms with van der Waals surface area (Å²) in [6.45, 7) is 6.23. The summed E-state index contributed by atoms with van der Waals surface area (Å²) in [7, 11) is 0. The number of rotatable bonds is 0. The summed E-state index contributed by atoms with van der Waals surface area (Å²) < 4.78 is 0. The van der Waals surface area contributed by atoms with Crippen molar-refractivity contribution in [2.45, 2.75) is 19.5 Å². The molecule has 16 heavy (non-hydrogen) atoms. The van der Waals surface area contributed by atoms with E-state index in [0.717, 1.165) is 39.3 Å². The van der Waals surface area contributed by atoms with Crippen LogP contribution in [0.3, 0.4) is 0 Å². The third kappa shape index (κ3) is 3.93. The van der Waals surface area contributed by atoms with E-state index in [1.807, 2.05) is 0 Å². The van der Waals surface area contributed by atoms with E-state index >= 15 is 0 Å². The summed E-state index contributed by atoms with van der Waals surface area (Å²) in [5.41, 5.74) is 2.75. The molecule has 1 heterocycles. The average molecular weight is 219 g/mol. The fourth-order valence-electron chi connectivity index (χ4n) is 1.96. The van der Waals surface area contributed by atoms with Crippen molar-refractivity contribution in [3.05, 3.63) is 35.4 Å². The highest BCUT2D eigenvalue weighted by atomic mass is 14.9. The summed E-state index contributed by atoms with van der Waals surface area (Å²) >= 11 is 0. The Hall–Kier alpha value is -0.900. The lowest BCUT2D eigenvalue weighted by molar-refractivity contribution is 0.576. The second-order valence-electron chi connectivity index (χ2n) is 4.28. The molecule has 0 fully saturated rings. The Bertz CT molecular complexity index is 285. The number of hydrogen-bond acceptors (Lipinski definition) is 3. The quantitative estimate of drug-likeness (QED) is 0.606. The Morgan fingerprint density at radius 1 is 0.750 bits per heavy atom. The predicted octanol–water partition coefficient (Wildman–Crippen LogP) is 0.859. The molecule has 88 valence electrons. The van der Waals surface area contributed by atoms with Crippen molar-refractivity contribution in [3.8, 4) is 0 Å². The highest BCUT2D eigenvalue weighted by molar-refractivity contribution is 5.23. The monoisotopic (exact) mass is 219 g/mol. The van der Waals surface area contributed by atoms with E-state index in [4.69, 9.17) is 0 Å². The molecule has 1 aromatic rings. The van der Waals surface area contributed by atoms with Crippen LogP contribution in [0.1, 0.15) is 17.5 Å². The van der Waals surface area contributed by atoms with E-state index in [1.54, 1.807) is 0 Å². The van der Waals surface area contributed by atoms with Gasteiger partial charge in [-0.05, 0) is 30.6 Å². The Balaban J connectivity index is 1.95. The Kier molecular flexibility index (Phi) is 4.80. The Morgan fingerprint density at radius 3 is 2.19 bits per heavy atom. The zero-order valence-electron chi connectivity index (χ0n) is 9.76. The van der Waals surface area contributed by atoms with Gasteiger partial charge in [-0.2, -0.15) is 0 Å². The van der Waals surface area contributed by atoms with Gasteiger partial charge < -0.3 is 16.0 Å². The molecule has 3 N–H and O–H groups in total. The van der Waals surface area contributed by atoms with Gasteiger partial charge in [-0.15, -0.1) is 0 Å². The molecule has 0 amide bonds. The molecule has 0 aromatic heterocycles. The maximum atomic E-state index is 3.47. The van der Waals surface area contributed by atoms with Crippen LogP contribution in [0.25, 0.3) is 0 Å². The first-order valence-electron chi connectivity index (χ1n) is 6.15. The van der Waals surface area contributed by atoms with Gasteiger partial charge in [-0.1, -0.05) is 24.3 Å². The van der Waals surface area contributed by atoms with Gasteiger partial charge >= 0.3 is 0 Å². The molecule has 0 aliphatic carbocycles. The molecule has 0 atom stereocenters. The number of benzene rings is 1. The topological polar surface area (TPSA) is 36.1 Å². The molecular weight excluding hydrogens is 198 g/mol. The van der Waals surface area contributed by atoms with Crippen LogP contribution in [0.4, 0.5) is 0 Å². The van der Waals surface area contributed by atoms with E-state index < -0.39 is 0 Å². The third-order valence-corrected chi connectivity index (χ3v) is 2.84. The predicted molar refractivity (Wildman–Crippen MR) is 67.3 cm³/mol. The summed E-state index contributed by atoms with van der Waals surface area (Å²) in [6, 6.07) is 8.80. The van der Waals surface area contributed by atoms with E-state index in [0.29, 0.717) is 0 Å². The van der Waals surface area contributed by atoms with Crippen LogP contribution >= 0.6 is 0 Å². The second-order valence-corrected chi connectivity index (χ2v) is 4.28. The van der Waals surface area contributed by atoms with Gasteiger partial charge in [0, 0.05) is 26.2 Å². The largest absolute Gasteiger partial charge is 0.315 e. The number of nitrogens with one attached hydrogen (secondary N) is 3. The van der Waals surface area contributed by atoms with E-state index in [-0.39, 0.29) is 0 Å². The lowest BCUT2D eigenvalue weighted by Crippen LogP contribution is -2.28. The van der Waals surface area contributed by atoms with Crippen molar-refractivity contribution in [2.75, 3.05) is 26.2 Å². The van der Waals surface area contributed by atoms with Crippen LogP contribution in [0, 0.1) is 0 Å². The molecule has 2 bridgehead atoms. The molecule has 0 unspecified atom stereocenters. The van der Waals surface area contributed by atoms with Gasteiger partial charge in [0.2, 0.25) is 0 Å². The van der Waals surface area contributed by atoms with Gasteiger partial charge in [0.15, 0.2) is 0 Å². The lowest BCUT2D eigenvalue weighted by atomic mass is 10.1. The van der Waals surface area contributed by atoms with Crippen molar-refractivity contribution in [1.29, 1.82) is 0 Å². The molecule has 3 heteroatoms. The lowest BCUT2D eigenvalue weighted by Gasteiger charge is -2.06. The summed E-state index contributed by atoms with van der Waals surface area (Å²) in [4.78, 5) is 0. The molecule has 0 radical (unpaired) electrons. The fraction of sp³-hybridized carbons (Fsp3) is 0.538. The molecule has 0 saturated heterocycles. The molecule has 1 aromatic carbocycles. The Morgan fingerprint density at radius 2 is 1.38 bits per heavy atom. The first kappa shape index (κ1) is 11.6. The number of hydrogen-bond donors (Lipinski definition) is 3. The molecule has 1 aliphatic heterocycles. The van der Waals surface area contributed by atoms with E-state index in [9.17, 15) is 0 Å². The van der Waals surface area contributed by atoms with Crippen molar-refractivity contribution in [1.82, 2.24) is 16.0 Å². The molecule has 1 aliphatic rings. The average Bonchev–Trinajstić information content (AvgIpc) is 2.32. The van der Waals surface area contributed by atoms with Crippen molar-refractivity contribution in [3.63, 3.8) is 0 Å². The molecule has 3 nitrogen and oxygen atoms in total. The normalized spacial score (nSPS) is 19.2. The summed E-state index contributed by atoms with van der Waals surface area (Å²) in [5.74, 6) is 0. The fourth-order valence-corrected chi connectivity index (χ4v) is 1.96. The minimum absolute atomic E-state index is 0.968. The first-order chi connectivity index (χ1) is 7.95. The third-order valence-electron chi connectivity index (χ3n) is 2.84. The zero-order valence-corrected chi connectivity index (χ0v) is 9.76. The summed E-state index contributed by atoms with van der Waals surface area (Å²) in [6.07, 6.45) is 1.19. The van der Waals surface area contributed by atoms with E-state index in [1.165, 1.54) is 17.5 Å². The second kappa shape index (κ2) is 6.63. The van der Waals surface area contributed by atoms with Crippen molar-refractivity contribution in [2.24, 2.45) is 0 Å². The number of fused-ring (bicyclic) bond motifs is 2. The smallest absolute Gasteiger partial charge is 0.0206 e. The van der Waals surface area contributed by atoms with Crippen LogP contribution in [0.2, 0.25) is 0 Å². The SMILES string of the molecule is c1cc2cc(c1)CNCCNCCCNC2. The maximum absolute atomic E-state index is 3.47. The molecular formula is C13H21N3.